The Morgan fingerprint density at radius 3 is 2.88 bits per heavy atom. The number of hydrogen-bond acceptors (Lipinski definition) is 4. The number of carbonyl (C=O) groups is 2. The van der Waals surface area contributed by atoms with E-state index in [4.69, 9.17) is 0 Å². The number of pyridine rings is 1. The smallest absolute Gasteiger partial charge is 0.251 e. The average molecular weight is 355 g/mol. The van der Waals surface area contributed by atoms with Crippen LogP contribution in [0.15, 0.2) is 30.7 Å². The van der Waals surface area contributed by atoms with Crippen molar-refractivity contribution in [1.29, 1.82) is 0 Å². The Labute approximate surface area is 153 Å². The molecule has 1 fully saturated rings. The highest BCUT2D eigenvalue weighted by Crippen LogP contribution is 2.36. The van der Waals surface area contributed by atoms with Gasteiger partial charge in [-0.3, -0.25) is 19.3 Å². The number of nitrogens with zero attached hydrogens (tertiary/aromatic N) is 4. The molecule has 3 heterocycles. The van der Waals surface area contributed by atoms with E-state index in [9.17, 15) is 9.59 Å². The van der Waals surface area contributed by atoms with E-state index in [1.807, 2.05) is 38.2 Å². The van der Waals surface area contributed by atoms with Crippen LogP contribution in [0.3, 0.4) is 0 Å². The van der Waals surface area contributed by atoms with Gasteiger partial charge >= 0.3 is 0 Å². The van der Waals surface area contributed by atoms with Crippen LogP contribution in [0.5, 0.6) is 0 Å². The number of nitrogens with one attached hydrogen (secondary N) is 1. The molecule has 1 aliphatic rings. The monoisotopic (exact) mass is 355 g/mol. The van der Waals surface area contributed by atoms with Crippen molar-refractivity contribution in [3.63, 3.8) is 0 Å². The zero-order valence-corrected chi connectivity index (χ0v) is 15.5. The summed E-state index contributed by atoms with van der Waals surface area (Å²) in [6.07, 6.45) is 6.67. The van der Waals surface area contributed by atoms with Crippen molar-refractivity contribution in [2.75, 3.05) is 13.1 Å². The molecule has 7 heteroatoms. The lowest BCUT2D eigenvalue weighted by molar-refractivity contribution is -0.138. The maximum Gasteiger partial charge on any atom is 0.251 e. The van der Waals surface area contributed by atoms with Gasteiger partial charge in [-0.1, -0.05) is 0 Å². The zero-order valence-electron chi connectivity index (χ0n) is 15.5. The molecule has 0 aliphatic carbocycles. The molecule has 3 rings (SSSR count). The highest BCUT2D eigenvalue weighted by molar-refractivity contribution is 5.94. The number of rotatable bonds is 5. The van der Waals surface area contributed by atoms with Crippen LogP contribution in [0.2, 0.25) is 0 Å². The molecule has 1 aliphatic heterocycles. The molecule has 2 atom stereocenters. The fraction of sp³-hybridized carbons (Fsp3) is 0.474. The van der Waals surface area contributed by atoms with Gasteiger partial charge in [-0.15, -0.1) is 0 Å². The van der Waals surface area contributed by atoms with Crippen molar-refractivity contribution in [1.82, 2.24) is 25.0 Å². The van der Waals surface area contributed by atoms with Crippen LogP contribution < -0.4 is 5.32 Å². The molecular weight excluding hydrogens is 330 g/mol. The van der Waals surface area contributed by atoms with Gasteiger partial charge in [-0.25, -0.2) is 0 Å². The minimum absolute atomic E-state index is 0.0607. The van der Waals surface area contributed by atoms with Crippen molar-refractivity contribution >= 4 is 11.8 Å². The molecule has 2 aromatic heterocycles. The van der Waals surface area contributed by atoms with Crippen LogP contribution in [-0.2, 0) is 11.8 Å². The average Bonchev–Trinajstić information content (AvgIpc) is 3.06. The Morgan fingerprint density at radius 2 is 2.23 bits per heavy atom. The van der Waals surface area contributed by atoms with Gasteiger partial charge in [0.25, 0.3) is 5.91 Å². The lowest BCUT2D eigenvalue weighted by Crippen LogP contribution is -2.46. The third-order valence-electron chi connectivity index (χ3n) is 4.92. The number of aryl methyl sites for hydroxylation is 2. The predicted molar refractivity (Wildman–Crippen MR) is 97.4 cm³/mol. The first-order chi connectivity index (χ1) is 12.5. The van der Waals surface area contributed by atoms with Crippen molar-refractivity contribution in [2.45, 2.75) is 32.7 Å². The Hall–Kier alpha value is -2.70. The van der Waals surface area contributed by atoms with Gasteiger partial charge in [0.05, 0.1) is 12.2 Å². The zero-order chi connectivity index (χ0) is 18.7. The third-order valence-corrected chi connectivity index (χ3v) is 4.92. The summed E-state index contributed by atoms with van der Waals surface area (Å²) in [4.78, 5) is 30.8. The molecule has 1 saturated heterocycles. The molecule has 7 nitrogen and oxygen atoms in total. The van der Waals surface area contributed by atoms with E-state index < -0.39 is 0 Å². The predicted octanol–water partition coefficient (Wildman–Crippen LogP) is 1.85. The number of aromatic nitrogens is 3. The Balaban J connectivity index is 1.76. The van der Waals surface area contributed by atoms with E-state index in [-0.39, 0.29) is 23.8 Å². The lowest BCUT2D eigenvalue weighted by atomic mass is 9.85. The molecule has 2 amide bonds. The first-order valence-electron chi connectivity index (χ1n) is 8.98. The minimum Gasteiger partial charge on any atom is -0.352 e. The summed E-state index contributed by atoms with van der Waals surface area (Å²) >= 11 is 0. The highest BCUT2D eigenvalue weighted by Gasteiger charge is 2.36. The van der Waals surface area contributed by atoms with Crippen LogP contribution in [0.25, 0.3) is 0 Å². The lowest BCUT2D eigenvalue weighted by Gasteiger charge is -2.40. The van der Waals surface area contributed by atoms with Gasteiger partial charge in [0.2, 0.25) is 5.91 Å². The Bertz CT molecular complexity index is 801. The molecule has 0 saturated carbocycles. The fourth-order valence-electron chi connectivity index (χ4n) is 3.66. The number of amides is 2. The van der Waals surface area contributed by atoms with Crippen molar-refractivity contribution in [2.24, 2.45) is 13.0 Å². The topological polar surface area (TPSA) is 80.1 Å². The van der Waals surface area contributed by atoms with Gasteiger partial charge in [0.15, 0.2) is 0 Å². The van der Waals surface area contributed by atoms with E-state index in [1.165, 1.54) is 0 Å². The normalized spacial score (nSPS) is 20.3. The van der Waals surface area contributed by atoms with Crippen molar-refractivity contribution in [3.05, 3.63) is 47.5 Å². The second-order valence-corrected chi connectivity index (χ2v) is 6.77. The summed E-state index contributed by atoms with van der Waals surface area (Å²) < 4.78 is 1.75. The summed E-state index contributed by atoms with van der Waals surface area (Å²) in [6.45, 7) is 5.01. The molecule has 0 unspecified atom stereocenters. The number of likely N-dealkylation sites (tertiary alicyclic amines) is 1. The number of piperidine rings is 1. The minimum atomic E-state index is -0.111. The molecular formula is C19H25N5O2. The fourth-order valence-corrected chi connectivity index (χ4v) is 3.66. The maximum atomic E-state index is 12.5. The van der Waals surface area contributed by atoms with Gasteiger partial charge in [-0.05, 0) is 32.4 Å². The Morgan fingerprint density at radius 1 is 1.42 bits per heavy atom. The molecule has 0 aromatic carbocycles. The number of hydrogen-bond donors (Lipinski definition) is 1. The highest BCUT2D eigenvalue weighted by atomic mass is 16.2. The molecule has 1 N–H and O–H groups in total. The van der Waals surface area contributed by atoms with E-state index in [0.29, 0.717) is 25.1 Å². The van der Waals surface area contributed by atoms with E-state index in [2.05, 4.69) is 15.4 Å². The van der Waals surface area contributed by atoms with Gasteiger partial charge in [-0.2, -0.15) is 5.10 Å². The van der Waals surface area contributed by atoms with Gasteiger partial charge < -0.3 is 10.2 Å². The first-order valence-corrected chi connectivity index (χ1v) is 8.98. The summed E-state index contributed by atoms with van der Waals surface area (Å²) in [5.41, 5.74) is 2.43. The first kappa shape index (κ1) is 18.1. The van der Waals surface area contributed by atoms with Crippen LogP contribution in [-0.4, -0.2) is 44.6 Å². The molecule has 26 heavy (non-hydrogen) atoms. The van der Waals surface area contributed by atoms with Crippen LogP contribution in [0.1, 0.15) is 47.4 Å². The second kappa shape index (κ2) is 7.68. The molecule has 0 spiro atoms. The van der Waals surface area contributed by atoms with Gasteiger partial charge in [0.1, 0.15) is 0 Å². The van der Waals surface area contributed by atoms with E-state index in [1.54, 1.807) is 23.0 Å². The van der Waals surface area contributed by atoms with E-state index in [0.717, 1.165) is 17.7 Å². The third kappa shape index (κ3) is 3.76. The van der Waals surface area contributed by atoms with Crippen LogP contribution in [0, 0.1) is 12.8 Å². The maximum absolute atomic E-state index is 12.5. The molecule has 0 bridgehead atoms. The SMILES string of the molecule is CCN1C(=O)CC[C@H](CNC(=O)c2ccnc(C)c2)[C@H]1c1cnn(C)c1. The quantitative estimate of drug-likeness (QED) is 0.888. The second-order valence-electron chi connectivity index (χ2n) is 6.77. The van der Waals surface area contributed by atoms with Crippen molar-refractivity contribution in [3.8, 4) is 0 Å². The van der Waals surface area contributed by atoms with Crippen LogP contribution >= 0.6 is 0 Å². The van der Waals surface area contributed by atoms with E-state index >= 15 is 0 Å². The standard InChI is InChI=1S/C19H25N5O2/c1-4-24-17(25)6-5-15(18(24)16-11-22-23(3)12-16)10-21-19(26)14-7-8-20-13(2)9-14/h7-9,11-12,15,18H,4-6,10H2,1-3H3,(H,21,26)/t15-,18+/m1/s1. The van der Waals surface area contributed by atoms with Crippen molar-refractivity contribution < 1.29 is 9.59 Å². The summed E-state index contributed by atoms with van der Waals surface area (Å²) in [5, 5.41) is 7.29. The summed E-state index contributed by atoms with van der Waals surface area (Å²) in [5.74, 6) is 0.206. The van der Waals surface area contributed by atoms with Gasteiger partial charge in [0, 0.05) is 61.7 Å². The van der Waals surface area contributed by atoms with Crippen LogP contribution in [0.4, 0.5) is 0 Å². The molecule has 2 aromatic rings. The molecule has 0 radical (unpaired) electrons. The Kier molecular flexibility index (Phi) is 5.35. The summed E-state index contributed by atoms with van der Waals surface area (Å²) in [6, 6.07) is 3.43. The number of carbonyl (C=O) groups excluding carboxylic acids is 2. The molecule has 138 valence electrons. The largest absolute Gasteiger partial charge is 0.352 e. The summed E-state index contributed by atoms with van der Waals surface area (Å²) in [7, 11) is 1.87.